The van der Waals surface area contributed by atoms with Gasteiger partial charge < -0.3 is 20.1 Å². The predicted molar refractivity (Wildman–Crippen MR) is 76.7 cm³/mol. The zero-order valence-electron chi connectivity index (χ0n) is 12.0. The average molecular weight is 268 g/mol. The first-order valence-electron chi connectivity index (χ1n) is 6.64. The number of rotatable bonds is 9. The molecule has 6 heteroatoms. The molecule has 6 nitrogen and oxygen atoms in total. The van der Waals surface area contributed by atoms with Crippen molar-refractivity contribution >= 4 is 11.6 Å². The number of anilines is 2. The minimum atomic E-state index is 0.0882. The summed E-state index contributed by atoms with van der Waals surface area (Å²) in [6, 6.07) is 0. The van der Waals surface area contributed by atoms with E-state index in [4.69, 9.17) is 9.84 Å². The Balaban J connectivity index is 2.88. The number of aliphatic hydroxyl groups is 1. The SMILES string of the molecule is CCCNc1ncnc(N(CCO)CCOC)c1C. The third-order valence-electron chi connectivity index (χ3n) is 2.83. The molecule has 0 saturated carbocycles. The van der Waals surface area contributed by atoms with Crippen LogP contribution >= 0.6 is 0 Å². The Bertz CT molecular complexity index is 374. The Kier molecular flexibility index (Phi) is 7.14. The highest BCUT2D eigenvalue weighted by atomic mass is 16.5. The Morgan fingerprint density at radius 3 is 2.79 bits per heavy atom. The van der Waals surface area contributed by atoms with Crippen LogP contribution in [0.4, 0.5) is 11.6 Å². The van der Waals surface area contributed by atoms with Crippen molar-refractivity contribution < 1.29 is 9.84 Å². The first-order valence-corrected chi connectivity index (χ1v) is 6.64. The molecule has 0 aliphatic heterocycles. The van der Waals surface area contributed by atoms with Gasteiger partial charge in [-0.3, -0.25) is 0 Å². The van der Waals surface area contributed by atoms with Crippen molar-refractivity contribution in [1.29, 1.82) is 0 Å². The molecule has 19 heavy (non-hydrogen) atoms. The quantitative estimate of drug-likeness (QED) is 0.697. The lowest BCUT2D eigenvalue weighted by atomic mass is 10.2. The first kappa shape index (κ1) is 15.7. The van der Waals surface area contributed by atoms with Gasteiger partial charge in [-0.1, -0.05) is 6.92 Å². The van der Waals surface area contributed by atoms with Crippen molar-refractivity contribution in [2.75, 3.05) is 50.2 Å². The van der Waals surface area contributed by atoms with Crippen molar-refractivity contribution in [3.63, 3.8) is 0 Å². The van der Waals surface area contributed by atoms with E-state index in [0.29, 0.717) is 19.7 Å². The fourth-order valence-corrected chi connectivity index (χ4v) is 1.83. The summed E-state index contributed by atoms with van der Waals surface area (Å²) in [4.78, 5) is 10.6. The van der Waals surface area contributed by atoms with Crippen LogP contribution in [0.5, 0.6) is 0 Å². The highest BCUT2D eigenvalue weighted by Crippen LogP contribution is 2.21. The molecule has 0 aliphatic rings. The molecule has 0 amide bonds. The molecule has 1 aromatic rings. The molecule has 1 heterocycles. The second kappa shape index (κ2) is 8.66. The number of methoxy groups -OCH3 is 1. The van der Waals surface area contributed by atoms with Crippen LogP contribution in [0.2, 0.25) is 0 Å². The summed E-state index contributed by atoms with van der Waals surface area (Å²) >= 11 is 0. The van der Waals surface area contributed by atoms with Gasteiger partial charge in [0.05, 0.1) is 13.2 Å². The molecular weight excluding hydrogens is 244 g/mol. The molecule has 0 aliphatic carbocycles. The molecule has 1 aromatic heterocycles. The minimum Gasteiger partial charge on any atom is -0.395 e. The van der Waals surface area contributed by atoms with Crippen LogP contribution in [0, 0.1) is 6.92 Å². The highest BCUT2D eigenvalue weighted by Gasteiger charge is 2.13. The van der Waals surface area contributed by atoms with Crippen LogP contribution < -0.4 is 10.2 Å². The molecule has 0 bridgehead atoms. The second-order valence-electron chi connectivity index (χ2n) is 4.30. The monoisotopic (exact) mass is 268 g/mol. The molecular formula is C13H24N4O2. The fourth-order valence-electron chi connectivity index (χ4n) is 1.83. The number of aliphatic hydroxyl groups excluding tert-OH is 1. The fraction of sp³-hybridized carbons (Fsp3) is 0.692. The number of hydrogen-bond acceptors (Lipinski definition) is 6. The summed E-state index contributed by atoms with van der Waals surface area (Å²) in [5.41, 5.74) is 1.00. The van der Waals surface area contributed by atoms with Gasteiger partial charge in [-0.2, -0.15) is 0 Å². The van der Waals surface area contributed by atoms with E-state index in [1.54, 1.807) is 13.4 Å². The predicted octanol–water partition coefficient (Wildman–Crippen LogP) is 1.05. The molecule has 0 unspecified atom stereocenters. The maximum atomic E-state index is 9.16. The molecule has 108 valence electrons. The summed E-state index contributed by atoms with van der Waals surface area (Å²) in [6.45, 7) is 6.91. The van der Waals surface area contributed by atoms with E-state index in [1.807, 2.05) is 11.8 Å². The Morgan fingerprint density at radius 1 is 1.37 bits per heavy atom. The zero-order valence-corrected chi connectivity index (χ0v) is 12.0. The standard InChI is InChI=1S/C13H24N4O2/c1-4-5-14-12-11(2)13(16-10-15-12)17(6-8-18)7-9-19-3/h10,18H,4-9H2,1-3H3,(H,14,15,16). The van der Waals surface area contributed by atoms with E-state index in [0.717, 1.165) is 30.2 Å². The van der Waals surface area contributed by atoms with Gasteiger partial charge in [0, 0.05) is 32.3 Å². The van der Waals surface area contributed by atoms with E-state index in [2.05, 4.69) is 22.2 Å². The summed E-state index contributed by atoms with van der Waals surface area (Å²) < 4.78 is 5.09. The van der Waals surface area contributed by atoms with Crippen LogP contribution in [-0.2, 0) is 4.74 Å². The number of aromatic nitrogens is 2. The third kappa shape index (κ3) is 4.65. The Hall–Kier alpha value is -1.40. The molecule has 0 radical (unpaired) electrons. The zero-order chi connectivity index (χ0) is 14.1. The van der Waals surface area contributed by atoms with Gasteiger partial charge in [-0.05, 0) is 13.3 Å². The van der Waals surface area contributed by atoms with E-state index < -0.39 is 0 Å². The third-order valence-corrected chi connectivity index (χ3v) is 2.83. The van der Waals surface area contributed by atoms with Crippen molar-refractivity contribution in [2.45, 2.75) is 20.3 Å². The average Bonchev–Trinajstić information content (AvgIpc) is 2.42. The topological polar surface area (TPSA) is 70.5 Å². The van der Waals surface area contributed by atoms with E-state index in [-0.39, 0.29) is 6.61 Å². The van der Waals surface area contributed by atoms with Crippen molar-refractivity contribution in [1.82, 2.24) is 9.97 Å². The maximum absolute atomic E-state index is 9.16. The molecule has 0 aromatic carbocycles. The van der Waals surface area contributed by atoms with Crippen LogP contribution in [0.3, 0.4) is 0 Å². The molecule has 0 spiro atoms. The summed E-state index contributed by atoms with van der Waals surface area (Å²) in [6.07, 6.45) is 2.60. The highest BCUT2D eigenvalue weighted by molar-refractivity contribution is 5.57. The first-order chi connectivity index (χ1) is 9.24. The van der Waals surface area contributed by atoms with Gasteiger partial charge >= 0.3 is 0 Å². The number of ether oxygens (including phenoxy) is 1. The van der Waals surface area contributed by atoms with E-state index >= 15 is 0 Å². The maximum Gasteiger partial charge on any atom is 0.137 e. The van der Waals surface area contributed by atoms with Crippen molar-refractivity contribution in [2.24, 2.45) is 0 Å². The normalized spacial score (nSPS) is 10.5. The van der Waals surface area contributed by atoms with E-state index in [1.165, 1.54) is 0 Å². The number of nitrogens with zero attached hydrogens (tertiary/aromatic N) is 3. The van der Waals surface area contributed by atoms with Crippen LogP contribution in [-0.4, -0.2) is 55.0 Å². The number of hydrogen-bond donors (Lipinski definition) is 2. The van der Waals surface area contributed by atoms with Crippen LogP contribution in [0.1, 0.15) is 18.9 Å². The lowest BCUT2D eigenvalue weighted by Crippen LogP contribution is -2.31. The summed E-state index contributed by atoms with van der Waals surface area (Å²) in [5.74, 6) is 1.70. The second-order valence-corrected chi connectivity index (χ2v) is 4.30. The van der Waals surface area contributed by atoms with Gasteiger partial charge in [-0.25, -0.2) is 9.97 Å². The van der Waals surface area contributed by atoms with Gasteiger partial charge in [0.25, 0.3) is 0 Å². The van der Waals surface area contributed by atoms with Gasteiger partial charge in [0.1, 0.15) is 18.0 Å². The van der Waals surface area contributed by atoms with Gasteiger partial charge in [0.15, 0.2) is 0 Å². The molecule has 0 saturated heterocycles. The molecule has 1 rings (SSSR count). The van der Waals surface area contributed by atoms with E-state index in [9.17, 15) is 0 Å². The summed E-state index contributed by atoms with van der Waals surface area (Å²) in [5, 5.41) is 12.4. The van der Waals surface area contributed by atoms with Crippen LogP contribution in [0.25, 0.3) is 0 Å². The molecule has 0 atom stereocenters. The minimum absolute atomic E-state index is 0.0882. The van der Waals surface area contributed by atoms with Gasteiger partial charge in [0.2, 0.25) is 0 Å². The largest absolute Gasteiger partial charge is 0.395 e. The molecule has 2 N–H and O–H groups in total. The Labute approximate surface area is 114 Å². The summed E-state index contributed by atoms with van der Waals surface area (Å²) in [7, 11) is 1.66. The smallest absolute Gasteiger partial charge is 0.137 e. The number of nitrogens with one attached hydrogen (secondary N) is 1. The lowest BCUT2D eigenvalue weighted by molar-refractivity contribution is 0.202. The van der Waals surface area contributed by atoms with Gasteiger partial charge in [-0.15, -0.1) is 0 Å². The van der Waals surface area contributed by atoms with Crippen LogP contribution in [0.15, 0.2) is 6.33 Å². The molecule has 0 fully saturated rings. The Morgan fingerprint density at radius 2 is 2.16 bits per heavy atom. The van der Waals surface area contributed by atoms with Crippen molar-refractivity contribution in [3.8, 4) is 0 Å². The van der Waals surface area contributed by atoms with Crippen molar-refractivity contribution in [3.05, 3.63) is 11.9 Å². The lowest BCUT2D eigenvalue weighted by Gasteiger charge is -2.24.